The Bertz CT molecular complexity index is 1260. The minimum Gasteiger partial charge on any atom is -0.477 e. The van der Waals surface area contributed by atoms with Crippen molar-refractivity contribution in [3.63, 3.8) is 0 Å². The van der Waals surface area contributed by atoms with Crippen molar-refractivity contribution in [2.24, 2.45) is 0 Å². The smallest absolute Gasteiger partial charge is 0.341 e. The minimum absolute atomic E-state index is 0.0705. The monoisotopic (exact) mass is 551 g/mol. The van der Waals surface area contributed by atoms with E-state index in [2.05, 4.69) is 4.90 Å². The van der Waals surface area contributed by atoms with Gasteiger partial charge in [-0.15, -0.1) is 0 Å². The van der Waals surface area contributed by atoms with Gasteiger partial charge in [-0.1, -0.05) is 0 Å². The molecule has 1 saturated carbocycles. The first-order valence-corrected chi connectivity index (χ1v) is 13.2. The van der Waals surface area contributed by atoms with E-state index in [4.69, 9.17) is 9.47 Å². The zero-order valence-corrected chi connectivity index (χ0v) is 21.4. The second-order valence-corrected chi connectivity index (χ2v) is 10.4. The molecule has 13 heteroatoms. The zero-order chi connectivity index (χ0) is 27.8. The van der Waals surface area contributed by atoms with Crippen LogP contribution in [0.2, 0.25) is 0 Å². The number of halogens is 1. The third-order valence-corrected chi connectivity index (χ3v) is 7.73. The first-order chi connectivity index (χ1) is 18.7. The standard InChI is InChI=1S/C26H34FN3O9/c27-17-10-15-18(30(14-2-3-14)12-16(21(15)32)25(36)37)11-19(17)29-7-5-28(6-8-29)4-1-9-38-26-24(35)23(34)22(33)20(13-31)39-26/h10-12,14,20,22-24,26,31,33-35H,1-9,13H2,(H,36,37)/t20-,22-,23+,24-,26-/m1/s1. The fourth-order valence-corrected chi connectivity index (χ4v) is 5.31. The fraction of sp³-hybridized carbons (Fsp3) is 0.615. The highest BCUT2D eigenvalue weighted by Gasteiger charge is 2.44. The lowest BCUT2D eigenvalue weighted by Crippen LogP contribution is -2.59. The van der Waals surface area contributed by atoms with Crippen LogP contribution in [0.1, 0.15) is 35.7 Å². The van der Waals surface area contributed by atoms with E-state index in [0.29, 0.717) is 50.3 Å². The van der Waals surface area contributed by atoms with Gasteiger partial charge in [-0.3, -0.25) is 9.69 Å². The number of aliphatic hydroxyl groups is 4. The molecule has 0 bridgehead atoms. The number of carbonyl (C=O) groups is 1. The number of piperazine rings is 1. The number of rotatable bonds is 9. The van der Waals surface area contributed by atoms with Gasteiger partial charge in [0.2, 0.25) is 5.43 Å². The summed E-state index contributed by atoms with van der Waals surface area (Å²) in [5.74, 6) is -1.89. The second-order valence-electron chi connectivity index (χ2n) is 10.4. The van der Waals surface area contributed by atoms with Crippen molar-refractivity contribution in [2.75, 3.05) is 50.8 Å². The molecule has 0 unspecified atom stereocenters. The number of carboxylic acids is 1. The van der Waals surface area contributed by atoms with Crippen molar-refractivity contribution in [3.8, 4) is 0 Å². The molecule has 3 aliphatic rings. The number of aliphatic hydroxyl groups excluding tert-OH is 4. The van der Waals surface area contributed by atoms with Gasteiger partial charge in [0.25, 0.3) is 0 Å². The summed E-state index contributed by atoms with van der Waals surface area (Å²) >= 11 is 0. The van der Waals surface area contributed by atoms with Crippen molar-refractivity contribution in [3.05, 3.63) is 39.9 Å². The van der Waals surface area contributed by atoms with Gasteiger partial charge in [-0.05, 0) is 31.4 Å². The number of pyridine rings is 1. The number of anilines is 1. The molecule has 214 valence electrons. The number of aromatic carboxylic acids is 1. The number of aromatic nitrogens is 1. The average molecular weight is 552 g/mol. The zero-order valence-electron chi connectivity index (χ0n) is 21.4. The molecule has 5 rings (SSSR count). The Morgan fingerprint density at radius 1 is 1.08 bits per heavy atom. The molecule has 2 saturated heterocycles. The Morgan fingerprint density at radius 3 is 2.44 bits per heavy atom. The van der Waals surface area contributed by atoms with E-state index in [1.807, 2.05) is 4.90 Å². The van der Waals surface area contributed by atoms with Crippen LogP contribution in [0.3, 0.4) is 0 Å². The predicted molar refractivity (Wildman–Crippen MR) is 136 cm³/mol. The van der Waals surface area contributed by atoms with Crippen molar-refractivity contribution in [2.45, 2.75) is 56.0 Å². The van der Waals surface area contributed by atoms with E-state index in [9.17, 15) is 35.1 Å². The number of nitrogens with zero attached hydrogens (tertiary/aromatic N) is 3. The van der Waals surface area contributed by atoms with Crippen molar-refractivity contribution in [1.29, 1.82) is 0 Å². The van der Waals surface area contributed by atoms with Gasteiger partial charge >= 0.3 is 5.97 Å². The van der Waals surface area contributed by atoms with E-state index in [1.54, 1.807) is 10.6 Å². The van der Waals surface area contributed by atoms with Crippen LogP contribution in [0.5, 0.6) is 0 Å². The van der Waals surface area contributed by atoms with Gasteiger partial charge < -0.3 is 44.5 Å². The van der Waals surface area contributed by atoms with Crippen molar-refractivity contribution >= 4 is 22.6 Å². The topological polar surface area (TPSA) is 165 Å². The summed E-state index contributed by atoms with van der Waals surface area (Å²) in [5, 5.41) is 48.6. The molecular weight excluding hydrogens is 517 g/mol. The average Bonchev–Trinajstić information content (AvgIpc) is 3.77. The fourth-order valence-electron chi connectivity index (χ4n) is 5.31. The summed E-state index contributed by atoms with van der Waals surface area (Å²) in [7, 11) is 0. The normalized spacial score (nSPS) is 28.2. The van der Waals surface area contributed by atoms with E-state index in [0.717, 1.165) is 18.9 Å². The highest BCUT2D eigenvalue weighted by atomic mass is 19.1. The molecule has 12 nitrogen and oxygen atoms in total. The Kier molecular flexibility index (Phi) is 8.19. The van der Waals surface area contributed by atoms with Crippen LogP contribution < -0.4 is 10.3 Å². The number of fused-ring (bicyclic) bond motifs is 1. The lowest BCUT2D eigenvalue weighted by molar-refractivity contribution is -0.301. The first-order valence-electron chi connectivity index (χ1n) is 13.2. The number of benzene rings is 1. The van der Waals surface area contributed by atoms with E-state index < -0.39 is 54.5 Å². The van der Waals surface area contributed by atoms with Crippen molar-refractivity contribution in [1.82, 2.24) is 9.47 Å². The molecule has 3 fully saturated rings. The van der Waals surface area contributed by atoms with Gasteiger partial charge in [0.15, 0.2) is 6.29 Å². The second kappa shape index (κ2) is 11.5. The van der Waals surface area contributed by atoms with E-state index >= 15 is 4.39 Å². The molecular formula is C26H34FN3O9. The first kappa shape index (κ1) is 27.9. The lowest BCUT2D eigenvalue weighted by Gasteiger charge is -2.39. The number of hydrogen-bond acceptors (Lipinski definition) is 10. The highest BCUT2D eigenvalue weighted by Crippen LogP contribution is 2.38. The quantitative estimate of drug-likeness (QED) is 0.255. The third-order valence-electron chi connectivity index (χ3n) is 7.73. The maximum absolute atomic E-state index is 15.2. The van der Waals surface area contributed by atoms with Crippen LogP contribution in [0, 0.1) is 5.82 Å². The number of hydrogen-bond donors (Lipinski definition) is 5. The van der Waals surface area contributed by atoms with Crippen LogP contribution in [-0.2, 0) is 9.47 Å². The maximum Gasteiger partial charge on any atom is 0.341 e. The summed E-state index contributed by atoms with van der Waals surface area (Å²) in [4.78, 5) is 28.4. The lowest BCUT2D eigenvalue weighted by atomic mass is 9.99. The third kappa shape index (κ3) is 5.66. The van der Waals surface area contributed by atoms with E-state index in [1.165, 1.54) is 6.20 Å². The van der Waals surface area contributed by atoms with Crippen molar-refractivity contribution < 1.29 is 44.2 Å². The summed E-state index contributed by atoms with van der Waals surface area (Å²) in [6.45, 7) is 2.79. The molecule has 1 aromatic heterocycles. The number of carboxylic acid groups (broad SMARTS) is 1. The maximum atomic E-state index is 15.2. The molecule has 2 aliphatic heterocycles. The summed E-state index contributed by atoms with van der Waals surface area (Å²) < 4.78 is 27.9. The molecule has 0 amide bonds. The van der Waals surface area contributed by atoms with Gasteiger partial charge in [-0.25, -0.2) is 9.18 Å². The van der Waals surface area contributed by atoms with Gasteiger partial charge in [0.1, 0.15) is 35.8 Å². The Labute approximate surface area is 223 Å². The van der Waals surface area contributed by atoms with Crippen LogP contribution >= 0.6 is 0 Å². The number of ether oxygens (including phenoxy) is 2. The molecule has 0 radical (unpaired) electrons. The molecule has 5 atom stereocenters. The Hall–Kier alpha value is -2.65. The largest absolute Gasteiger partial charge is 0.477 e. The van der Waals surface area contributed by atoms with Crippen LogP contribution in [0.4, 0.5) is 10.1 Å². The summed E-state index contributed by atoms with van der Waals surface area (Å²) in [6, 6.07) is 2.91. The van der Waals surface area contributed by atoms with Gasteiger partial charge in [0.05, 0.1) is 24.4 Å². The molecule has 1 aromatic carbocycles. The Balaban J connectivity index is 1.18. The molecule has 3 heterocycles. The highest BCUT2D eigenvalue weighted by molar-refractivity contribution is 5.93. The van der Waals surface area contributed by atoms with Crippen LogP contribution in [-0.4, -0.2) is 118 Å². The summed E-state index contributed by atoms with van der Waals surface area (Å²) in [5.41, 5.74) is -0.122. The predicted octanol–water partition coefficient (Wildman–Crippen LogP) is -0.498. The molecule has 5 N–H and O–H groups in total. The molecule has 2 aromatic rings. The minimum atomic E-state index is -1.48. The van der Waals surface area contributed by atoms with Gasteiger partial charge in [0, 0.05) is 50.3 Å². The van der Waals surface area contributed by atoms with Gasteiger partial charge in [-0.2, -0.15) is 0 Å². The molecule has 1 aliphatic carbocycles. The van der Waals surface area contributed by atoms with Crippen LogP contribution in [0.15, 0.2) is 23.1 Å². The van der Waals surface area contributed by atoms with E-state index in [-0.39, 0.29) is 23.6 Å². The van der Waals surface area contributed by atoms with Crippen LogP contribution in [0.25, 0.3) is 10.9 Å². The molecule has 0 spiro atoms. The SMILES string of the molecule is O=C(O)c1cn(C2CC2)c2cc(N3CCN(CCCO[C@@H]4O[C@H](CO)[C@@H](O)[C@H](O)[C@H]4O)CC3)c(F)cc2c1=O. The molecule has 39 heavy (non-hydrogen) atoms. The Morgan fingerprint density at radius 2 is 1.79 bits per heavy atom. The summed E-state index contributed by atoms with van der Waals surface area (Å²) in [6.07, 6.45) is -2.81.